The van der Waals surface area contributed by atoms with Crippen molar-refractivity contribution in [2.75, 3.05) is 26.4 Å². The normalized spacial score (nSPS) is 14.0. The van der Waals surface area contributed by atoms with E-state index in [0.717, 1.165) is 89.9 Å². The van der Waals surface area contributed by atoms with Crippen molar-refractivity contribution in [1.82, 2.24) is 0 Å². The minimum absolute atomic E-state index is 0.0377. The Labute approximate surface area is 476 Å². The highest BCUT2D eigenvalue weighted by Gasteiger charge is 2.28. The minimum atomic E-state index is -4.78. The van der Waals surface area contributed by atoms with E-state index in [4.69, 9.17) is 23.3 Å². The second-order valence-corrected chi connectivity index (χ2v) is 21.9. The fourth-order valence-corrected chi connectivity index (χ4v) is 9.04. The Morgan fingerprint density at radius 1 is 0.372 bits per heavy atom. The van der Waals surface area contributed by atoms with E-state index < -0.39 is 57.8 Å². The maximum Gasteiger partial charge on any atom is 0.472 e. The molecule has 0 aromatic heterocycles. The number of hydrogen-bond donors (Lipinski definition) is 2. The average molecular weight is 1110 g/mol. The number of phosphoric acid groups is 1. The van der Waals surface area contributed by atoms with Crippen LogP contribution in [0.5, 0.6) is 0 Å². The third-order valence-corrected chi connectivity index (χ3v) is 13.9. The van der Waals surface area contributed by atoms with Gasteiger partial charge in [-0.1, -0.05) is 234 Å². The summed E-state index contributed by atoms with van der Waals surface area (Å²) >= 11 is 0. The zero-order valence-electron chi connectivity index (χ0n) is 49.6. The molecule has 3 unspecified atom stereocenters. The lowest BCUT2D eigenvalue weighted by atomic mass is 10.1. The Balaban J connectivity index is 4.76. The van der Waals surface area contributed by atoms with Crippen LogP contribution in [0.4, 0.5) is 0 Å². The van der Waals surface area contributed by atoms with Crippen molar-refractivity contribution in [2.24, 2.45) is 0 Å². The van der Waals surface area contributed by atoms with Crippen molar-refractivity contribution < 1.29 is 52.2 Å². The van der Waals surface area contributed by atoms with Crippen LogP contribution < -0.4 is 0 Å². The molecule has 0 aromatic rings. The molecule has 12 heteroatoms. The van der Waals surface area contributed by atoms with Crippen LogP contribution in [-0.4, -0.2) is 66.5 Å². The fraction of sp³-hybridized carbons (Fsp3) is 0.712. The van der Waals surface area contributed by atoms with Gasteiger partial charge >= 0.3 is 25.7 Å². The van der Waals surface area contributed by atoms with Crippen molar-refractivity contribution >= 4 is 25.7 Å². The van der Waals surface area contributed by atoms with Crippen LogP contribution in [-0.2, 0) is 42.2 Å². The highest BCUT2D eigenvalue weighted by Crippen LogP contribution is 2.43. The number of rotatable bonds is 57. The molecule has 0 aliphatic rings. The van der Waals surface area contributed by atoms with Crippen LogP contribution in [0.2, 0.25) is 0 Å². The standard InChI is InChI=1S/C66H113O11P/c1-4-7-10-13-16-19-22-25-27-29-31-33-35-38-41-44-47-50-53-56-65(69)76-62(58-67)60-74-78(71,72)75-61-63(59-73-64(68)55-52-49-46-43-40-37-24-21-18-15-12-9-6-3)77-66(70)57-54-51-48-45-42-39-36-34-32-30-28-26-23-20-17-14-11-8-5-2/h8,11,17,20-21,24-28,32,34,39,42,48,51,62-63,67H,4-7,9-10,12-16,18-19,22-23,29-31,33,35-38,40-41,43-47,49-50,52-61H2,1-3H3,(H,71,72)/b11-8-,20-17-,24-21-,27-25-,28-26-,34-32-,42-39-,51-48-. The highest BCUT2D eigenvalue weighted by molar-refractivity contribution is 7.47. The van der Waals surface area contributed by atoms with Gasteiger partial charge in [-0.3, -0.25) is 23.4 Å². The number of hydrogen-bond acceptors (Lipinski definition) is 10. The molecule has 0 rings (SSSR count). The molecule has 0 radical (unpaired) electrons. The Kier molecular flexibility index (Phi) is 56.8. The Bertz CT molecular complexity index is 1680. The molecule has 78 heavy (non-hydrogen) atoms. The van der Waals surface area contributed by atoms with E-state index in [2.05, 4.69) is 106 Å². The quantitative estimate of drug-likeness (QED) is 0.0197. The lowest BCUT2D eigenvalue weighted by Gasteiger charge is -2.21. The number of phosphoric ester groups is 1. The summed E-state index contributed by atoms with van der Waals surface area (Å²) in [7, 11) is -4.78. The predicted molar refractivity (Wildman–Crippen MR) is 325 cm³/mol. The van der Waals surface area contributed by atoms with E-state index >= 15 is 0 Å². The number of allylic oxidation sites excluding steroid dienone is 16. The summed E-state index contributed by atoms with van der Waals surface area (Å²) < 4.78 is 39.5. The zero-order valence-corrected chi connectivity index (χ0v) is 50.5. The number of aliphatic hydroxyl groups excluding tert-OH is 1. The summed E-state index contributed by atoms with van der Waals surface area (Å²) in [4.78, 5) is 48.6. The Hall–Kier alpha value is -3.60. The summed E-state index contributed by atoms with van der Waals surface area (Å²) in [5.74, 6) is -1.58. The van der Waals surface area contributed by atoms with Gasteiger partial charge in [0.25, 0.3) is 0 Å². The summed E-state index contributed by atoms with van der Waals surface area (Å²) in [6.45, 7) is 4.44. The van der Waals surface area contributed by atoms with Crippen LogP contribution >= 0.6 is 7.82 Å². The molecular weight excluding hydrogens is 1000 g/mol. The number of ether oxygens (including phenoxy) is 3. The van der Waals surface area contributed by atoms with Crippen LogP contribution in [0.25, 0.3) is 0 Å². The molecule has 0 aliphatic carbocycles. The molecule has 3 atom stereocenters. The van der Waals surface area contributed by atoms with E-state index in [1.807, 2.05) is 12.2 Å². The van der Waals surface area contributed by atoms with Crippen LogP contribution in [0, 0.1) is 0 Å². The third kappa shape index (κ3) is 57.1. The summed E-state index contributed by atoms with van der Waals surface area (Å²) in [6, 6.07) is 0. The van der Waals surface area contributed by atoms with E-state index in [1.165, 1.54) is 109 Å². The molecule has 0 fully saturated rings. The first kappa shape index (κ1) is 74.4. The first-order chi connectivity index (χ1) is 38.2. The van der Waals surface area contributed by atoms with Gasteiger partial charge in [0.05, 0.1) is 19.8 Å². The molecule has 0 spiro atoms. The number of aliphatic hydroxyl groups is 1. The van der Waals surface area contributed by atoms with Gasteiger partial charge in [0.2, 0.25) is 0 Å². The first-order valence-electron chi connectivity index (χ1n) is 31.1. The van der Waals surface area contributed by atoms with Crippen LogP contribution in [0.3, 0.4) is 0 Å². The van der Waals surface area contributed by atoms with Gasteiger partial charge in [0.1, 0.15) is 12.7 Å². The van der Waals surface area contributed by atoms with Crippen LogP contribution in [0.1, 0.15) is 265 Å². The smallest absolute Gasteiger partial charge is 0.462 e. The minimum Gasteiger partial charge on any atom is -0.462 e. The van der Waals surface area contributed by atoms with E-state index in [1.54, 1.807) is 0 Å². The lowest BCUT2D eigenvalue weighted by Crippen LogP contribution is -2.30. The molecule has 0 bridgehead atoms. The van der Waals surface area contributed by atoms with Gasteiger partial charge in [-0.05, 0) is 109 Å². The third-order valence-electron chi connectivity index (χ3n) is 13.0. The van der Waals surface area contributed by atoms with Crippen molar-refractivity contribution in [1.29, 1.82) is 0 Å². The average Bonchev–Trinajstić information content (AvgIpc) is 3.43. The predicted octanol–water partition coefficient (Wildman–Crippen LogP) is 18.8. The maximum atomic E-state index is 12.9. The van der Waals surface area contributed by atoms with E-state index in [-0.39, 0.29) is 25.9 Å². The second-order valence-electron chi connectivity index (χ2n) is 20.5. The Morgan fingerprint density at radius 2 is 0.692 bits per heavy atom. The topological polar surface area (TPSA) is 155 Å². The zero-order chi connectivity index (χ0) is 56.9. The SMILES string of the molecule is CC/C=C\C/C=C\C/C=C\C/C=C\C/C=C\C/C=C\CCC(=O)OC(COC(=O)CCCCCCC/C=C\CCCCCC)COP(=O)(O)OCC(CO)OC(=O)CCCCCCCCCCC/C=C\CCCCCCCC. The molecule has 0 amide bonds. The van der Waals surface area contributed by atoms with Gasteiger partial charge in [-0.2, -0.15) is 0 Å². The first-order valence-corrected chi connectivity index (χ1v) is 32.6. The number of unbranched alkanes of at least 4 members (excludes halogenated alkanes) is 24. The molecule has 0 heterocycles. The molecule has 11 nitrogen and oxygen atoms in total. The molecular formula is C66H113O11P. The number of esters is 3. The van der Waals surface area contributed by atoms with Gasteiger partial charge in [-0.25, -0.2) is 4.57 Å². The molecule has 0 saturated carbocycles. The molecule has 0 aromatic carbocycles. The molecule has 0 aliphatic heterocycles. The van der Waals surface area contributed by atoms with Crippen molar-refractivity contribution in [3.05, 3.63) is 97.2 Å². The highest BCUT2D eigenvalue weighted by atomic mass is 31.2. The van der Waals surface area contributed by atoms with E-state index in [0.29, 0.717) is 25.7 Å². The largest absolute Gasteiger partial charge is 0.472 e. The van der Waals surface area contributed by atoms with Crippen LogP contribution in [0.15, 0.2) is 97.2 Å². The van der Waals surface area contributed by atoms with E-state index in [9.17, 15) is 28.9 Å². The summed E-state index contributed by atoms with van der Waals surface area (Å²) in [5, 5.41) is 9.85. The molecule has 0 saturated heterocycles. The number of carbonyl (C=O) groups is 3. The maximum absolute atomic E-state index is 12.9. The second kappa shape index (κ2) is 59.5. The fourth-order valence-electron chi connectivity index (χ4n) is 8.25. The van der Waals surface area contributed by atoms with Crippen molar-refractivity contribution in [3.63, 3.8) is 0 Å². The molecule has 448 valence electrons. The van der Waals surface area contributed by atoms with Gasteiger partial charge in [-0.15, -0.1) is 0 Å². The lowest BCUT2D eigenvalue weighted by molar-refractivity contribution is -0.161. The van der Waals surface area contributed by atoms with Crippen molar-refractivity contribution in [2.45, 2.75) is 277 Å². The monoisotopic (exact) mass is 1110 g/mol. The van der Waals surface area contributed by atoms with Gasteiger partial charge < -0.3 is 24.2 Å². The Morgan fingerprint density at radius 3 is 1.12 bits per heavy atom. The summed E-state index contributed by atoms with van der Waals surface area (Å²) in [5.41, 5.74) is 0. The summed E-state index contributed by atoms with van der Waals surface area (Å²) in [6.07, 6.45) is 70.9. The molecule has 2 N–H and O–H groups in total. The van der Waals surface area contributed by atoms with Gasteiger partial charge in [0.15, 0.2) is 6.10 Å². The van der Waals surface area contributed by atoms with Gasteiger partial charge in [0, 0.05) is 19.3 Å². The number of carbonyl (C=O) groups excluding carboxylic acids is 3. The van der Waals surface area contributed by atoms with Crippen molar-refractivity contribution in [3.8, 4) is 0 Å².